The molecule has 31 heavy (non-hydrogen) atoms. The summed E-state index contributed by atoms with van der Waals surface area (Å²) in [6.45, 7) is 20.9. The number of nitrogens with zero attached hydrogens (tertiary/aromatic N) is 2. The highest BCUT2D eigenvalue weighted by Gasteiger charge is 2.27. The van der Waals surface area contributed by atoms with E-state index in [9.17, 15) is 0 Å². The van der Waals surface area contributed by atoms with Gasteiger partial charge >= 0.3 is 0 Å². The SMILES string of the molecule is CC(C)CCN(c1ccc(OCC(C)(C)C)cc1)C1CCCN(CC(N)CC(C)C)C1. The Bertz CT molecular complexity index is 620. The predicted molar refractivity (Wildman–Crippen MR) is 135 cm³/mol. The van der Waals surface area contributed by atoms with Crippen molar-refractivity contribution in [2.75, 3.05) is 37.7 Å². The van der Waals surface area contributed by atoms with E-state index in [1.807, 2.05) is 0 Å². The Kier molecular flexibility index (Phi) is 10.2. The van der Waals surface area contributed by atoms with Crippen LogP contribution in [0.2, 0.25) is 0 Å². The van der Waals surface area contributed by atoms with Crippen LogP contribution in [0.3, 0.4) is 0 Å². The molecule has 0 radical (unpaired) electrons. The van der Waals surface area contributed by atoms with Gasteiger partial charge in [-0.25, -0.2) is 0 Å². The lowest BCUT2D eigenvalue weighted by Gasteiger charge is -2.42. The smallest absolute Gasteiger partial charge is 0.119 e. The van der Waals surface area contributed by atoms with E-state index in [0.29, 0.717) is 17.9 Å². The van der Waals surface area contributed by atoms with E-state index in [1.54, 1.807) is 0 Å². The van der Waals surface area contributed by atoms with E-state index in [4.69, 9.17) is 10.5 Å². The van der Waals surface area contributed by atoms with Crippen molar-refractivity contribution in [2.45, 2.75) is 86.2 Å². The number of nitrogens with two attached hydrogens (primary N) is 1. The summed E-state index contributed by atoms with van der Waals surface area (Å²) in [5.41, 5.74) is 7.93. The average molecular weight is 432 g/mol. The maximum absolute atomic E-state index is 6.44. The first-order chi connectivity index (χ1) is 14.5. The second-order valence-corrected chi connectivity index (χ2v) is 11.7. The Morgan fingerprint density at radius 2 is 1.77 bits per heavy atom. The van der Waals surface area contributed by atoms with Crippen LogP contribution in [0.15, 0.2) is 24.3 Å². The predicted octanol–water partition coefficient (Wildman–Crippen LogP) is 5.80. The number of piperidine rings is 1. The number of likely N-dealkylation sites (tertiary alicyclic amines) is 1. The van der Waals surface area contributed by atoms with Crippen LogP contribution in [0, 0.1) is 17.3 Å². The van der Waals surface area contributed by atoms with E-state index in [-0.39, 0.29) is 11.5 Å². The first-order valence-electron chi connectivity index (χ1n) is 12.5. The zero-order chi connectivity index (χ0) is 23.0. The fourth-order valence-corrected chi connectivity index (χ4v) is 4.42. The average Bonchev–Trinajstić information content (AvgIpc) is 2.66. The maximum atomic E-state index is 6.44. The molecule has 2 rings (SSSR count). The summed E-state index contributed by atoms with van der Waals surface area (Å²) >= 11 is 0. The molecule has 0 amide bonds. The Hall–Kier alpha value is -1.26. The third-order valence-electron chi connectivity index (χ3n) is 5.98. The van der Waals surface area contributed by atoms with Crippen LogP contribution >= 0.6 is 0 Å². The second kappa shape index (κ2) is 12.1. The monoisotopic (exact) mass is 431 g/mol. The van der Waals surface area contributed by atoms with E-state index < -0.39 is 0 Å². The van der Waals surface area contributed by atoms with Crippen molar-refractivity contribution in [2.24, 2.45) is 23.0 Å². The van der Waals surface area contributed by atoms with Crippen molar-refractivity contribution in [1.29, 1.82) is 0 Å². The second-order valence-electron chi connectivity index (χ2n) is 11.7. The van der Waals surface area contributed by atoms with Crippen molar-refractivity contribution >= 4 is 5.69 Å². The van der Waals surface area contributed by atoms with Crippen molar-refractivity contribution in [1.82, 2.24) is 4.90 Å². The van der Waals surface area contributed by atoms with E-state index in [1.165, 1.54) is 31.5 Å². The molecule has 0 aromatic heterocycles. The molecule has 4 nitrogen and oxygen atoms in total. The molecular weight excluding hydrogens is 382 g/mol. The molecule has 0 saturated carbocycles. The van der Waals surface area contributed by atoms with Crippen molar-refractivity contribution < 1.29 is 4.74 Å². The van der Waals surface area contributed by atoms with Crippen molar-refractivity contribution in [3.8, 4) is 5.75 Å². The highest BCUT2D eigenvalue weighted by atomic mass is 16.5. The maximum Gasteiger partial charge on any atom is 0.119 e. The third-order valence-corrected chi connectivity index (χ3v) is 5.98. The minimum Gasteiger partial charge on any atom is -0.493 e. The van der Waals surface area contributed by atoms with Gasteiger partial charge in [-0.05, 0) is 73.7 Å². The normalized spacial score (nSPS) is 19.1. The van der Waals surface area contributed by atoms with Gasteiger partial charge in [0.05, 0.1) is 6.61 Å². The van der Waals surface area contributed by atoms with Crippen LogP contribution in [0.4, 0.5) is 5.69 Å². The number of hydrogen-bond donors (Lipinski definition) is 1. The van der Waals surface area contributed by atoms with Gasteiger partial charge in [0.15, 0.2) is 0 Å². The summed E-state index contributed by atoms with van der Waals surface area (Å²) < 4.78 is 6.00. The van der Waals surface area contributed by atoms with Gasteiger partial charge in [0.2, 0.25) is 0 Å². The summed E-state index contributed by atoms with van der Waals surface area (Å²) in [6.07, 6.45) is 4.83. The highest BCUT2D eigenvalue weighted by molar-refractivity contribution is 5.50. The number of anilines is 1. The minimum absolute atomic E-state index is 0.171. The van der Waals surface area contributed by atoms with Gasteiger partial charge in [-0.3, -0.25) is 4.90 Å². The minimum atomic E-state index is 0.171. The molecule has 0 bridgehead atoms. The van der Waals surface area contributed by atoms with Gasteiger partial charge in [0.1, 0.15) is 5.75 Å². The fourth-order valence-electron chi connectivity index (χ4n) is 4.42. The van der Waals surface area contributed by atoms with Gasteiger partial charge in [0, 0.05) is 37.4 Å². The summed E-state index contributed by atoms with van der Waals surface area (Å²) in [5, 5.41) is 0. The molecule has 178 valence electrons. The molecule has 0 aliphatic carbocycles. The zero-order valence-corrected chi connectivity index (χ0v) is 21.4. The van der Waals surface area contributed by atoms with Gasteiger partial charge in [-0.15, -0.1) is 0 Å². The molecule has 2 N–H and O–H groups in total. The lowest BCUT2D eigenvalue weighted by atomic mass is 9.98. The van der Waals surface area contributed by atoms with E-state index >= 15 is 0 Å². The molecule has 1 fully saturated rings. The molecule has 1 aromatic rings. The molecular formula is C27H49N3O. The van der Waals surface area contributed by atoms with Crippen molar-refractivity contribution in [3.05, 3.63) is 24.3 Å². The quantitative estimate of drug-likeness (QED) is 0.481. The summed E-state index contributed by atoms with van der Waals surface area (Å²) in [7, 11) is 0. The topological polar surface area (TPSA) is 41.7 Å². The molecule has 2 atom stereocenters. The Morgan fingerprint density at radius 3 is 2.35 bits per heavy atom. The molecule has 0 spiro atoms. The first kappa shape index (κ1) is 26.0. The number of hydrogen-bond acceptors (Lipinski definition) is 4. The molecule has 1 heterocycles. The molecule has 1 saturated heterocycles. The number of rotatable bonds is 11. The summed E-state index contributed by atoms with van der Waals surface area (Å²) in [5.74, 6) is 2.33. The number of benzene rings is 1. The largest absolute Gasteiger partial charge is 0.493 e. The highest BCUT2D eigenvalue weighted by Crippen LogP contribution is 2.27. The lowest BCUT2D eigenvalue weighted by molar-refractivity contribution is 0.187. The molecule has 2 unspecified atom stereocenters. The fraction of sp³-hybridized carbons (Fsp3) is 0.778. The summed E-state index contributed by atoms with van der Waals surface area (Å²) in [6, 6.07) is 9.62. The van der Waals surface area contributed by atoms with Crippen LogP contribution in [-0.2, 0) is 0 Å². The van der Waals surface area contributed by atoms with Crippen LogP contribution in [0.1, 0.15) is 74.1 Å². The van der Waals surface area contributed by atoms with Crippen molar-refractivity contribution in [3.63, 3.8) is 0 Å². The van der Waals surface area contributed by atoms with Crippen LogP contribution in [0.5, 0.6) is 5.75 Å². The lowest BCUT2D eigenvalue weighted by Crippen LogP contribution is -2.51. The Labute approximate surface area is 192 Å². The number of ether oxygens (including phenoxy) is 1. The molecule has 1 aromatic carbocycles. The first-order valence-corrected chi connectivity index (χ1v) is 12.5. The van der Waals surface area contributed by atoms with Gasteiger partial charge < -0.3 is 15.4 Å². The van der Waals surface area contributed by atoms with Crippen LogP contribution in [0.25, 0.3) is 0 Å². The standard InChI is InChI=1S/C27H49N3O/c1-21(2)14-16-30(24-10-12-26(13-11-24)31-20-27(5,6)7)25-9-8-15-29(19-25)18-23(28)17-22(3)4/h10-13,21-23,25H,8-9,14-20,28H2,1-7H3. The molecule has 4 heteroatoms. The van der Waals surface area contributed by atoms with Crippen LogP contribution in [-0.4, -0.2) is 49.8 Å². The summed E-state index contributed by atoms with van der Waals surface area (Å²) in [4.78, 5) is 5.25. The zero-order valence-electron chi connectivity index (χ0n) is 21.4. The van der Waals surface area contributed by atoms with Gasteiger partial charge in [-0.2, -0.15) is 0 Å². The van der Waals surface area contributed by atoms with E-state index in [0.717, 1.165) is 38.4 Å². The van der Waals surface area contributed by atoms with Crippen LogP contribution < -0.4 is 15.4 Å². The van der Waals surface area contributed by atoms with Gasteiger partial charge in [-0.1, -0.05) is 48.5 Å². The Morgan fingerprint density at radius 1 is 1.10 bits per heavy atom. The molecule has 1 aliphatic heterocycles. The van der Waals surface area contributed by atoms with E-state index in [2.05, 4.69) is 82.5 Å². The third kappa shape index (κ3) is 9.82. The van der Waals surface area contributed by atoms with Gasteiger partial charge in [0.25, 0.3) is 0 Å². The molecule has 1 aliphatic rings. The Balaban J connectivity index is 2.06.